The van der Waals surface area contributed by atoms with Gasteiger partial charge in [0, 0.05) is 18.8 Å². The maximum atomic E-state index is 13.0. The van der Waals surface area contributed by atoms with Crippen molar-refractivity contribution >= 4 is 21.6 Å². The summed E-state index contributed by atoms with van der Waals surface area (Å²) in [5.41, 5.74) is 7.81. The summed E-state index contributed by atoms with van der Waals surface area (Å²) in [5, 5.41) is 4.20. The fraction of sp³-hybridized carbons (Fsp3) is 0.100. The number of anilines is 1. The van der Waals surface area contributed by atoms with Gasteiger partial charge in [-0.3, -0.25) is 4.68 Å². The summed E-state index contributed by atoms with van der Waals surface area (Å²) in [5.74, 6) is -0.298. The molecule has 0 radical (unpaired) electrons. The minimum Gasteiger partial charge on any atom is -0.396 e. The van der Waals surface area contributed by atoms with Gasteiger partial charge in [0.15, 0.2) is 0 Å². The number of aryl methyl sites for hydroxylation is 1. The number of nitrogens with two attached hydrogens (primary N) is 1. The molecule has 0 amide bonds. The van der Waals surface area contributed by atoms with Crippen molar-refractivity contribution in [1.82, 2.24) is 9.78 Å². The lowest BCUT2D eigenvalue weighted by molar-refractivity contribution is 0.621. The molecular weight excluding hydrogens is 261 g/mol. The van der Waals surface area contributed by atoms with E-state index in [1.807, 2.05) is 0 Å². The van der Waals surface area contributed by atoms with Gasteiger partial charge in [-0.2, -0.15) is 5.10 Å². The van der Waals surface area contributed by atoms with Crippen molar-refractivity contribution in [3.63, 3.8) is 0 Å². The molecule has 1 aromatic carbocycles. The van der Waals surface area contributed by atoms with E-state index in [0.717, 1.165) is 5.56 Å². The van der Waals surface area contributed by atoms with Crippen molar-refractivity contribution in [2.45, 2.75) is 0 Å². The second-order valence-corrected chi connectivity index (χ2v) is 4.09. The van der Waals surface area contributed by atoms with Crippen molar-refractivity contribution < 1.29 is 4.39 Å². The highest BCUT2D eigenvalue weighted by molar-refractivity contribution is 9.10. The second-order valence-electron chi connectivity index (χ2n) is 3.24. The lowest BCUT2D eigenvalue weighted by Gasteiger charge is -2.00. The van der Waals surface area contributed by atoms with Gasteiger partial charge in [-0.25, -0.2) is 4.39 Å². The molecule has 0 aliphatic heterocycles. The van der Waals surface area contributed by atoms with Crippen LogP contribution in [0.25, 0.3) is 11.3 Å². The highest BCUT2D eigenvalue weighted by Crippen LogP contribution is 2.27. The molecule has 2 aromatic rings. The standard InChI is InChI=1S/C10H9BrFN3/c1-15-5-9(13)10(14-15)6-2-3-8(12)7(11)4-6/h2-5H,13H2,1H3. The molecule has 0 fully saturated rings. The molecule has 1 heterocycles. The summed E-state index contributed by atoms with van der Waals surface area (Å²) < 4.78 is 15.1. The van der Waals surface area contributed by atoms with Crippen LogP contribution in [0.5, 0.6) is 0 Å². The van der Waals surface area contributed by atoms with Crippen LogP contribution in [-0.2, 0) is 7.05 Å². The van der Waals surface area contributed by atoms with E-state index in [1.165, 1.54) is 6.07 Å². The number of aromatic nitrogens is 2. The van der Waals surface area contributed by atoms with Gasteiger partial charge in [-0.05, 0) is 34.1 Å². The van der Waals surface area contributed by atoms with Crippen molar-refractivity contribution in [3.8, 4) is 11.3 Å². The monoisotopic (exact) mass is 269 g/mol. The van der Waals surface area contributed by atoms with Crippen molar-refractivity contribution in [1.29, 1.82) is 0 Å². The summed E-state index contributed by atoms with van der Waals surface area (Å²) in [6, 6.07) is 4.69. The Morgan fingerprint density at radius 3 is 2.73 bits per heavy atom. The molecule has 0 unspecified atom stereocenters. The third-order valence-corrected chi connectivity index (χ3v) is 2.66. The van der Waals surface area contributed by atoms with Crippen LogP contribution in [0.1, 0.15) is 0 Å². The van der Waals surface area contributed by atoms with E-state index in [9.17, 15) is 4.39 Å². The summed E-state index contributed by atoms with van der Waals surface area (Å²) in [6.07, 6.45) is 1.71. The fourth-order valence-corrected chi connectivity index (χ4v) is 1.75. The Morgan fingerprint density at radius 1 is 1.47 bits per heavy atom. The van der Waals surface area contributed by atoms with Crippen molar-refractivity contribution in [3.05, 3.63) is 34.7 Å². The van der Waals surface area contributed by atoms with E-state index in [1.54, 1.807) is 30.1 Å². The minimum absolute atomic E-state index is 0.298. The molecule has 3 nitrogen and oxygen atoms in total. The molecule has 0 bridgehead atoms. The molecule has 0 saturated heterocycles. The van der Waals surface area contributed by atoms with Gasteiger partial charge in [0.2, 0.25) is 0 Å². The number of hydrogen-bond donors (Lipinski definition) is 1. The third-order valence-electron chi connectivity index (χ3n) is 2.05. The summed E-state index contributed by atoms with van der Waals surface area (Å²) in [4.78, 5) is 0. The summed E-state index contributed by atoms with van der Waals surface area (Å²) in [7, 11) is 1.79. The smallest absolute Gasteiger partial charge is 0.137 e. The SMILES string of the molecule is Cn1cc(N)c(-c2ccc(F)c(Br)c2)n1. The maximum Gasteiger partial charge on any atom is 0.137 e. The first-order chi connectivity index (χ1) is 7.08. The molecule has 0 saturated carbocycles. The van der Waals surface area contributed by atoms with Crippen LogP contribution in [0.15, 0.2) is 28.9 Å². The van der Waals surface area contributed by atoms with Gasteiger partial charge in [-0.1, -0.05) is 0 Å². The van der Waals surface area contributed by atoms with E-state index in [0.29, 0.717) is 15.9 Å². The average Bonchev–Trinajstić information content (AvgIpc) is 2.50. The molecule has 2 N–H and O–H groups in total. The van der Waals surface area contributed by atoms with Crippen molar-refractivity contribution in [2.24, 2.45) is 7.05 Å². The first kappa shape index (κ1) is 10.2. The minimum atomic E-state index is -0.298. The first-order valence-electron chi connectivity index (χ1n) is 4.32. The molecule has 0 aliphatic carbocycles. The maximum absolute atomic E-state index is 13.0. The highest BCUT2D eigenvalue weighted by atomic mass is 79.9. The lowest BCUT2D eigenvalue weighted by atomic mass is 10.1. The first-order valence-corrected chi connectivity index (χ1v) is 5.12. The third kappa shape index (κ3) is 1.87. The van der Waals surface area contributed by atoms with Gasteiger partial charge in [0.1, 0.15) is 11.5 Å². The van der Waals surface area contributed by atoms with Crippen LogP contribution in [0.4, 0.5) is 10.1 Å². The van der Waals surface area contributed by atoms with Crippen LogP contribution >= 0.6 is 15.9 Å². The molecule has 2 rings (SSSR count). The number of halogens is 2. The van der Waals surface area contributed by atoms with Crippen LogP contribution in [0.2, 0.25) is 0 Å². The molecule has 0 spiro atoms. The Kier molecular flexibility index (Phi) is 2.48. The Hall–Kier alpha value is -1.36. The quantitative estimate of drug-likeness (QED) is 0.865. The number of rotatable bonds is 1. The van der Waals surface area contributed by atoms with Crippen LogP contribution in [0, 0.1) is 5.82 Å². The predicted octanol–water partition coefficient (Wildman–Crippen LogP) is 2.57. The van der Waals surface area contributed by atoms with Crippen LogP contribution < -0.4 is 5.73 Å². The summed E-state index contributed by atoms with van der Waals surface area (Å²) in [6.45, 7) is 0. The zero-order chi connectivity index (χ0) is 11.0. The highest BCUT2D eigenvalue weighted by Gasteiger charge is 2.09. The Bertz CT molecular complexity index is 507. The van der Waals surface area contributed by atoms with E-state index in [4.69, 9.17) is 5.73 Å². The Balaban J connectivity index is 2.54. The normalized spacial score (nSPS) is 10.6. The van der Waals surface area contributed by atoms with E-state index in [2.05, 4.69) is 21.0 Å². The molecule has 0 atom stereocenters. The van der Waals surface area contributed by atoms with Gasteiger partial charge in [0.05, 0.1) is 10.2 Å². The average molecular weight is 270 g/mol. The van der Waals surface area contributed by atoms with Gasteiger partial charge in [-0.15, -0.1) is 0 Å². The number of nitrogens with zero attached hydrogens (tertiary/aromatic N) is 2. The molecule has 1 aromatic heterocycles. The molecule has 0 aliphatic rings. The second kappa shape index (κ2) is 3.66. The zero-order valence-electron chi connectivity index (χ0n) is 8.04. The molecule has 78 valence electrons. The zero-order valence-corrected chi connectivity index (χ0v) is 9.62. The van der Waals surface area contributed by atoms with E-state index in [-0.39, 0.29) is 5.82 Å². The number of benzene rings is 1. The van der Waals surface area contributed by atoms with Gasteiger partial charge in [0.25, 0.3) is 0 Å². The van der Waals surface area contributed by atoms with Crippen LogP contribution in [0.3, 0.4) is 0 Å². The molecule has 15 heavy (non-hydrogen) atoms. The van der Waals surface area contributed by atoms with Crippen molar-refractivity contribution in [2.75, 3.05) is 5.73 Å². The fourth-order valence-electron chi connectivity index (χ4n) is 1.37. The summed E-state index contributed by atoms with van der Waals surface area (Å²) >= 11 is 3.12. The van der Waals surface area contributed by atoms with Gasteiger partial charge < -0.3 is 5.73 Å². The van der Waals surface area contributed by atoms with Gasteiger partial charge >= 0.3 is 0 Å². The largest absolute Gasteiger partial charge is 0.396 e. The molecular formula is C10H9BrFN3. The predicted molar refractivity (Wildman–Crippen MR) is 60.7 cm³/mol. The van der Waals surface area contributed by atoms with Crippen LogP contribution in [-0.4, -0.2) is 9.78 Å². The lowest BCUT2D eigenvalue weighted by Crippen LogP contribution is -1.89. The van der Waals surface area contributed by atoms with E-state index >= 15 is 0 Å². The Labute approximate surface area is 94.8 Å². The van der Waals surface area contributed by atoms with E-state index < -0.39 is 0 Å². The number of nitrogen functional groups attached to an aromatic ring is 1. The Morgan fingerprint density at radius 2 is 2.20 bits per heavy atom. The molecule has 5 heteroatoms. The topological polar surface area (TPSA) is 43.8 Å². The number of hydrogen-bond acceptors (Lipinski definition) is 2.